The van der Waals surface area contributed by atoms with Gasteiger partial charge >= 0.3 is 5.69 Å². The van der Waals surface area contributed by atoms with Crippen molar-refractivity contribution in [2.45, 2.75) is 51.5 Å². The van der Waals surface area contributed by atoms with E-state index in [0.717, 1.165) is 19.3 Å². The minimum Gasteiger partial charge on any atom is -0.329 e. The Balaban J connectivity index is 2.16. The summed E-state index contributed by atoms with van der Waals surface area (Å²) in [6.45, 7) is 7.11. The number of aromatic nitrogens is 2. The van der Waals surface area contributed by atoms with E-state index in [2.05, 4.69) is 20.8 Å². The van der Waals surface area contributed by atoms with E-state index in [1.165, 1.54) is 4.57 Å². The van der Waals surface area contributed by atoms with Crippen LogP contribution >= 0.6 is 0 Å². The molecule has 1 saturated carbocycles. The van der Waals surface area contributed by atoms with Gasteiger partial charge in [-0.05, 0) is 48.8 Å². The molecule has 1 unspecified atom stereocenters. The topological polar surface area (TPSA) is 87.1 Å². The first-order valence-corrected chi connectivity index (χ1v) is 11.6. The van der Waals surface area contributed by atoms with Gasteiger partial charge in [-0.25, -0.2) is 9.36 Å². The molecule has 1 aliphatic rings. The molecule has 0 radical (unpaired) electrons. The molecule has 0 amide bonds. The fourth-order valence-electron chi connectivity index (χ4n) is 4.62. The number of hydrogen-bond donors (Lipinski definition) is 1. The fraction of sp³-hybridized carbons (Fsp3) is 0.619. The monoisotopic (exact) mass is 405 g/mol. The van der Waals surface area contributed by atoms with E-state index in [4.69, 9.17) is 5.73 Å². The molecule has 0 aliphatic heterocycles. The van der Waals surface area contributed by atoms with Crippen molar-refractivity contribution < 1.29 is 9.00 Å². The molecule has 1 fully saturated rings. The molecule has 1 aromatic heterocycles. The highest BCUT2D eigenvalue weighted by molar-refractivity contribution is 7.84. The normalized spacial score (nSPS) is 24.0. The Morgan fingerprint density at radius 1 is 1.29 bits per heavy atom. The molecule has 0 saturated heterocycles. The van der Waals surface area contributed by atoms with E-state index in [-0.39, 0.29) is 23.4 Å². The Morgan fingerprint density at radius 3 is 2.61 bits per heavy atom. The maximum Gasteiger partial charge on any atom is 0.336 e. The van der Waals surface area contributed by atoms with Crippen LogP contribution in [-0.2, 0) is 17.3 Å². The lowest BCUT2D eigenvalue weighted by Crippen LogP contribution is -2.40. The standard InChI is InChI=1S/C21H31N3O3S/c1-13(2)16-7-5-14(3)11-17(16)20(25)24-18-8-6-15(28(4)27)12-19(18)23(10-9-22)21(24)26/h6,8,12-14,16-17H,5,7,9-11,22H2,1-4H3/t14-,16+,17-,28?/m1/s1. The quantitative estimate of drug-likeness (QED) is 0.829. The zero-order chi connectivity index (χ0) is 20.6. The molecule has 28 heavy (non-hydrogen) atoms. The summed E-state index contributed by atoms with van der Waals surface area (Å²) >= 11 is 0. The predicted octanol–water partition coefficient (Wildman–Crippen LogP) is 2.85. The Kier molecular flexibility index (Phi) is 6.25. The highest BCUT2D eigenvalue weighted by Gasteiger charge is 2.37. The van der Waals surface area contributed by atoms with Gasteiger partial charge in [0.2, 0.25) is 5.91 Å². The molecule has 1 aliphatic carbocycles. The van der Waals surface area contributed by atoms with E-state index in [0.29, 0.717) is 40.9 Å². The number of benzene rings is 1. The molecule has 7 heteroatoms. The molecule has 4 atom stereocenters. The van der Waals surface area contributed by atoms with Gasteiger partial charge in [0, 0.05) is 41.0 Å². The molecule has 2 N–H and O–H groups in total. The first-order valence-electron chi connectivity index (χ1n) is 10.1. The maximum atomic E-state index is 13.6. The van der Waals surface area contributed by atoms with Crippen LogP contribution in [0.25, 0.3) is 11.0 Å². The number of nitrogens with two attached hydrogens (primary N) is 1. The second-order valence-corrected chi connectivity index (χ2v) is 9.81. The third kappa shape index (κ3) is 3.74. The lowest BCUT2D eigenvalue weighted by Gasteiger charge is -2.36. The summed E-state index contributed by atoms with van der Waals surface area (Å²) in [5.41, 5.74) is 6.58. The Hall–Kier alpha value is -1.73. The van der Waals surface area contributed by atoms with Crippen molar-refractivity contribution in [2.75, 3.05) is 12.8 Å². The number of rotatable bonds is 5. The Bertz CT molecular complexity index is 960. The molecule has 1 aromatic carbocycles. The summed E-state index contributed by atoms with van der Waals surface area (Å²) in [5, 5.41) is 0. The zero-order valence-corrected chi connectivity index (χ0v) is 18.0. The van der Waals surface area contributed by atoms with Crippen molar-refractivity contribution in [3.63, 3.8) is 0 Å². The van der Waals surface area contributed by atoms with Gasteiger partial charge in [-0.2, -0.15) is 0 Å². The second-order valence-electron chi connectivity index (χ2n) is 8.43. The van der Waals surface area contributed by atoms with Crippen LogP contribution in [0.2, 0.25) is 0 Å². The number of carbonyl (C=O) groups is 1. The van der Waals surface area contributed by atoms with Crippen molar-refractivity contribution in [1.82, 2.24) is 9.13 Å². The minimum absolute atomic E-state index is 0.110. The van der Waals surface area contributed by atoms with Gasteiger partial charge in [0.05, 0.1) is 11.0 Å². The summed E-state index contributed by atoms with van der Waals surface area (Å²) in [4.78, 5) is 27.4. The number of nitrogens with zero attached hydrogens (tertiary/aromatic N) is 2. The average molecular weight is 406 g/mol. The number of hydrogen-bond acceptors (Lipinski definition) is 4. The third-order valence-corrected chi connectivity index (χ3v) is 7.06. The molecule has 2 aromatic rings. The first kappa shape index (κ1) is 21.0. The minimum atomic E-state index is -1.17. The SMILES string of the molecule is CC(C)[C@@H]1CC[C@@H](C)C[C@H]1C(=O)n1c(=O)n(CCN)c2cc(S(C)=O)ccc21. The van der Waals surface area contributed by atoms with Crippen LogP contribution in [0, 0.1) is 23.7 Å². The van der Waals surface area contributed by atoms with E-state index >= 15 is 0 Å². The van der Waals surface area contributed by atoms with Gasteiger partial charge in [0.15, 0.2) is 0 Å². The van der Waals surface area contributed by atoms with Crippen LogP contribution in [0.1, 0.15) is 44.8 Å². The number of carbonyl (C=O) groups excluding carboxylic acids is 1. The molecular weight excluding hydrogens is 374 g/mol. The highest BCUT2D eigenvalue weighted by Crippen LogP contribution is 2.39. The molecule has 0 bridgehead atoms. The number of fused-ring (bicyclic) bond motifs is 1. The third-order valence-electron chi connectivity index (χ3n) is 6.15. The predicted molar refractivity (Wildman–Crippen MR) is 113 cm³/mol. The fourth-order valence-corrected chi connectivity index (χ4v) is 5.16. The second kappa shape index (κ2) is 8.33. The molecule has 6 nitrogen and oxygen atoms in total. The van der Waals surface area contributed by atoms with Gasteiger partial charge in [-0.15, -0.1) is 0 Å². The molecule has 1 heterocycles. The summed E-state index contributed by atoms with van der Waals surface area (Å²) in [6, 6.07) is 5.22. The zero-order valence-electron chi connectivity index (χ0n) is 17.2. The lowest BCUT2D eigenvalue weighted by atomic mass is 9.69. The molecule has 154 valence electrons. The average Bonchev–Trinajstić information content (AvgIpc) is 2.92. The lowest BCUT2D eigenvalue weighted by molar-refractivity contribution is 0.0633. The van der Waals surface area contributed by atoms with Crippen molar-refractivity contribution in [1.29, 1.82) is 0 Å². The van der Waals surface area contributed by atoms with Crippen LogP contribution in [0.4, 0.5) is 0 Å². The summed E-state index contributed by atoms with van der Waals surface area (Å²) in [7, 11) is -1.17. The molecule has 3 rings (SSSR count). The van der Waals surface area contributed by atoms with E-state index < -0.39 is 10.8 Å². The largest absolute Gasteiger partial charge is 0.336 e. The van der Waals surface area contributed by atoms with Gasteiger partial charge in [0.25, 0.3) is 0 Å². The summed E-state index contributed by atoms with van der Waals surface area (Å²) in [5.74, 6) is 0.889. The van der Waals surface area contributed by atoms with Crippen molar-refractivity contribution in [3.05, 3.63) is 28.7 Å². The smallest absolute Gasteiger partial charge is 0.329 e. The van der Waals surface area contributed by atoms with Gasteiger partial charge < -0.3 is 5.73 Å². The Morgan fingerprint density at radius 2 is 2.00 bits per heavy atom. The maximum absolute atomic E-state index is 13.6. The summed E-state index contributed by atoms with van der Waals surface area (Å²) < 4.78 is 14.8. The van der Waals surface area contributed by atoms with Gasteiger partial charge in [-0.3, -0.25) is 13.6 Å². The molecule has 0 spiro atoms. The van der Waals surface area contributed by atoms with Crippen LogP contribution in [0.15, 0.2) is 27.9 Å². The van der Waals surface area contributed by atoms with Crippen molar-refractivity contribution in [3.8, 4) is 0 Å². The van der Waals surface area contributed by atoms with Crippen LogP contribution in [0.3, 0.4) is 0 Å². The van der Waals surface area contributed by atoms with E-state index in [9.17, 15) is 13.8 Å². The number of imidazole rings is 1. The van der Waals surface area contributed by atoms with Crippen LogP contribution in [0.5, 0.6) is 0 Å². The van der Waals surface area contributed by atoms with Crippen LogP contribution in [-0.4, -0.2) is 32.1 Å². The van der Waals surface area contributed by atoms with Crippen molar-refractivity contribution >= 4 is 27.7 Å². The molecular formula is C21H31N3O3S. The van der Waals surface area contributed by atoms with Crippen LogP contribution < -0.4 is 11.4 Å². The highest BCUT2D eigenvalue weighted by atomic mass is 32.2. The summed E-state index contributed by atoms with van der Waals surface area (Å²) in [6.07, 6.45) is 4.56. The first-order chi connectivity index (χ1) is 13.3. The van der Waals surface area contributed by atoms with E-state index in [1.807, 2.05) is 0 Å². The van der Waals surface area contributed by atoms with E-state index in [1.54, 1.807) is 29.0 Å². The van der Waals surface area contributed by atoms with Gasteiger partial charge in [-0.1, -0.05) is 27.2 Å². The van der Waals surface area contributed by atoms with Crippen molar-refractivity contribution in [2.24, 2.45) is 29.4 Å². The van der Waals surface area contributed by atoms with Gasteiger partial charge in [0.1, 0.15) is 0 Å². The Labute approximate surface area is 168 Å².